The number of nitrogens with two attached hydrogens (primary N) is 1. The molecule has 1 amide bonds. The van der Waals surface area contributed by atoms with E-state index in [9.17, 15) is 4.79 Å². The molecule has 4 nitrogen and oxygen atoms in total. The molecule has 0 aliphatic heterocycles. The molecule has 2 rings (SSSR count). The fourth-order valence-electron chi connectivity index (χ4n) is 2.54. The maximum Gasteiger partial charge on any atom is 0.235 e. The standard InChI is InChI=1S/C12H23N3O/c1-15(10-4-2-3-5-10)8-11(12(13)16)14-9-6-7-9/h9-11,14H,2-8H2,1H3,(H2,13,16). The predicted molar refractivity (Wildman–Crippen MR) is 64.0 cm³/mol. The van der Waals surface area contributed by atoms with Crippen LogP contribution in [0.4, 0.5) is 0 Å². The van der Waals surface area contributed by atoms with Gasteiger partial charge in [0.2, 0.25) is 5.91 Å². The molecule has 3 N–H and O–H groups in total. The minimum atomic E-state index is -0.211. The van der Waals surface area contributed by atoms with Crippen LogP contribution in [0.25, 0.3) is 0 Å². The van der Waals surface area contributed by atoms with Crippen LogP contribution in [0.15, 0.2) is 0 Å². The van der Waals surface area contributed by atoms with E-state index in [0.29, 0.717) is 12.1 Å². The third-order valence-corrected chi connectivity index (χ3v) is 3.78. The van der Waals surface area contributed by atoms with Crippen LogP contribution >= 0.6 is 0 Å². The number of carbonyl (C=O) groups excluding carboxylic acids is 1. The molecule has 0 bridgehead atoms. The molecule has 2 saturated carbocycles. The van der Waals surface area contributed by atoms with Gasteiger partial charge < -0.3 is 16.0 Å². The third kappa shape index (κ3) is 3.19. The summed E-state index contributed by atoms with van der Waals surface area (Å²) in [4.78, 5) is 13.6. The Balaban J connectivity index is 1.80. The van der Waals surface area contributed by atoms with Gasteiger partial charge >= 0.3 is 0 Å². The van der Waals surface area contributed by atoms with Crippen LogP contribution < -0.4 is 11.1 Å². The van der Waals surface area contributed by atoms with Gasteiger partial charge in [0, 0.05) is 18.6 Å². The van der Waals surface area contributed by atoms with Gasteiger partial charge in [-0.15, -0.1) is 0 Å². The first-order chi connectivity index (χ1) is 7.66. The number of primary amides is 1. The molecule has 0 aromatic rings. The second-order valence-corrected chi connectivity index (χ2v) is 5.27. The van der Waals surface area contributed by atoms with E-state index in [0.717, 1.165) is 6.54 Å². The number of nitrogens with one attached hydrogen (secondary N) is 1. The van der Waals surface area contributed by atoms with Crippen LogP contribution in [0.3, 0.4) is 0 Å². The van der Waals surface area contributed by atoms with Crippen LogP contribution in [-0.2, 0) is 4.79 Å². The van der Waals surface area contributed by atoms with Crippen LogP contribution in [0.1, 0.15) is 38.5 Å². The molecule has 0 saturated heterocycles. The highest BCUT2D eigenvalue weighted by Crippen LogP contribution is 2.23. The Hall–Kier alpha value is -0.610. The van der Waals surface area contributed by atoms with Gasteiger partial charge in [-0.05, 0) is 32.7 Å². The summed E-state index contributed by atoms with van der Waals surface area (Å²) < 4.78 is 0. The summed E-state index contributed by atoms with van der Waals surface area (Å²) in [5.74, 6) is -0.211. The zero-order valence-corrected chi connectivity index (χ0v) is 10.1. The predicted octanol–water partition coefficient (Wildman–Crippen LogP) is 0.467. The van der Waals surface area contributed by atoms with E-state index in [1.54, 1.807) is 0 Å². The first kappa shape index (κ1) is 11.9. The molecular weight excluding hydrogens is 202 g/mol. The zero-order chi connectivity index (χ0) is 11.5. The summed E-state index contributed by atoms with van der Waals surface area (Å²) in [7, 11) is 2.11. The third-order valence-electron chi connectivity index (χ3n) is 3.78. The van der Waals surface area contributed by atoms with E-state index in [4.69, 9.17) is 5.73 Å². The molecule has 2 aliphatic rings. The lowest BCUT2D eigenvalue weighted by Crippen LogP contribution is -2.50. The SMILES string of the molecule is CN(CC(NC1CC1)C(N)=O)C1CCCC1. The molecule has 2 fully saturated rings. The van der Waals surface area contributed by atoms with Gasteiger partial charge in [0.1, 0.15) is 0 Å². The van der Waals surface area contributed by atoms with E-state index in [-0.39, 0.29) is 11.9 Å². The van der Waals surface area contributed by atoms with E-state index >= 15 is 0 Å². The molecule has 0 spiro atoms. The normalized spacial score (nSPS) is 23.9. The van der Waals surface area contributed by atoms with Crippen LogP contribution in [0, 0.1) is 0 Å². The van der Waals surface area contributed by atoms with Gasteiger partial charge in [0.05, 0.1) is 6.04 Å². The van der Waals surface area contributed by atoms with Crippen molar-refractivity contribution in [2.24, 2.45) is 5.73 Å². The van der Waals surface area contributed by atoms with Crippen molar-refractivity contribution in [3.63, 3.8) is 0 Å². The first-order valence-corrected chi connectivity index (χ1v) is 6.42. The van der Waals surface area contributed by atoms with Crippen molar-refractivity contribution in [3.05, 3.63) is 0 Å². The molecule has 4 heteroatoms. The van der Waals surface area contributed by atoms with Crippen molar-refractivity contribution in [2.45, 2.75) is 56.7 Å². The van der Waals surface area contributed by atoms with Crippen molar-refractivity contribution in [3.8, 4) is 0 Å². The van der Waals surface area contributed by atoms with Gasteiger partial charge in [-0.3, -0.25) is 4.79 Å². The lowest BCUT2D eigenvalue weighted by molar-refractivity contribution is -0.120. The Morgan fingerprint density at radius 1 is 1.38 bits per heavy atom. The first-order valence-electron chi connectivity index (χ1n) is 6.42. The second kappa shape index (κ2) is 5.15. The minimum absolute atomic E-state index is 0.168. The van der Waals surface area contributed by atoms with Gasteiger partial charge in [-0.2, -0.15) is 0 Å². The average Bonchev–Trinajstić information content (AvgIpc) is 2.89. The smallest absolute Gasteiger partial charge is 0.235 e. The largest absolute Gasteiger partial charge is 0.368 e. The minimum Gasteiger partial charge on any atom is -0.368 e. The maximum absolute atomic E-state index is 11.3. The molecule has 0 aromatic carbocycles. The van der Waals surface area contributed by atoms with Crippen LogP contribution in [0.5, 0.6) is 0 Å². The van der Waals surface area contributed by atoms with Gasteiger partial charge in [-0.1, -0.05) is 12.8 Å². The van der Waals surface area contributed by atoms with Crippen LogP contribution in [0.2, 0.25) is 0 Å². The fourth-order valence-corrected chi connectivity index (χ4v) is 2.54. The molecular formula is C12H23N3O. The van der Waals surface area contributed by atoms with E-state index in [2.05, 4.69) is 17.3 Å². The van der Waals surface area contributed by atoms with Gasteiger partial charge in [0.25, 0.3) is 0 Å². The number of carbonyl (C=O) groups is 1. The molecule has 16 heavy (non-hydrogen) atoms. The highest BCUT2D eigenvalue weighted by molar-refractivity contribution is 5.80. The Kier molecular flexibility index (Phi) is 3.82. The quantitative estimate of drug-likeness (QED) is 0.691. The van der Waals surface area contributed by atoms with Crippen molar-refractivity contribution in [1.29, 1.82) is 0 Å². The number of hydrogen-bond acceptors (Lipinski definition) is 3. The molecule has 92 valence electrons. The Morgan fingerprint density at radius 3 is 2.50 bits per heavy atom. The summed E-state index contributed by atoms with van der Waals surface area (Å²) in [6.07, 6.45) is 7.57. The van der Waals surface area contributed by atoms with Crippen LogP contribution in [-0.4, -0.2) is 42.5 Å². The number of amides is 1. The van der Waals surface area contributed by atoms with Gasteiger partial charge in [0.15, 0.2) is 0 Å². The van der Waals surface area contributed by atoms with E-state index in [1.165, 1.54) is 38.5 Å². The maximum atomic E-state index is 11.3. The van der Waals surface area contributed by atoms with Crippen molar-refractivity contribution in [1.82, 2.24) is 10.2 Å². The Bertz CT molecular complexity index is 247. The van der Waals surface area contributed by atoms with Crippen molar-refractivity contribution < 1.29 is 4.79 Å². The highest BCUT2D eigenvalue weighted by Gasteiger charge is 2.29. The molecule has 1 atom stereocenters. The Morgan fingerprint density at radius 2 is 2.00 bits per heavy atom. The molecule has 2 aliphatic carbocycles. The monoisotopic (exact) mass is 225 g/mol. The summed E-state index contributed by atoms with van der Waals surface area (Å²) in [6.45, 7) is 0.760. The Labute approximate surface area is 97.6 Å². The van der Waals surface area contributed by atoms with Crippen molar-refractivity contribution >= 4 is 5.91 Å². The molecule has 0 radical (unpaired) electrons. The second-order valence-electron chi connectivity index (χ2n) is 5.27. The van der Waals surface area contributed by atoms with Gasteiger partial charge in [-0.25, -0.2) is 0 Å². The van der Waals surface area contributed by atoms with Crippen molar-refractivity contribution in [2.75, 3.05) is 13.6 Å². The lowest BCUT2D eigenvalue weighted by atomic mass is 10.2. The molecule has 0 heterocycles. The number of rotatable bonds is 6. The summed E-state index contributed by atoms with van der Waals surface area (Å²) in [6, 6.07) is 1.02. The number of hydrogen-bond donors (Lipinski definition) is 2. The lowest BCUT2D eigenvalue weighted by Gasteiger charge is -2.27. The van der Waals surface area contributed by atoms with E-state index < -0.39 is 0 Å². The zero-order valence-electron chi connectivity index (χ0n) is 10.1. The summed E-state index contributed by atoms with van der Waals surface area (Å²) in [5, 5.41) is 3.33. The topological polar surface area (TPSA) is 58.4 Å². The number of nitrogens with zero attached hydrogens (tertiary/aromatic N) is 1. The summed E-state index contributed by atoms with van der Waals surface area (Å²) >= 11 is 0. The molecule has 1 unspecified atom stereocenters. The summed E-state index contributed by atoms with van der Waals surface area (Å²) in [5.41, 5.74) is 5.43. The highest BCUT2D eigenvalue weighted by atomic mass is 16.1. The van der Waals surface area contributed by atoms with E-state index in [1.807, 2.05) is 0 Å². The average molecular weight is 225 g/mol. The fraction of sp³-hybridized carbons (Fsp3) is 0.917. The number of likely N-dealkylation sites (N-methyl/N-ethyl adjacent to an activating group) is 1. The molecule has 0 aromatic heterocycles.